The van der Waals surface area contributed by atoms with E-state index in [-0.39, 0.29) is 12.4 Å². The molecular formula is C12H20ClNS. The fourth-order valence-electron chi connectivity index (χ4n) is 2.38. The van der Waals surface area contributed by atoms with Crippen molar-refractivity contribution < 1.29 is 0 Å². The number of rotatable bonds is 2. The van der Waals surface area contributed by atoms with Crippen LogP contribution in [0.2, 0.25) is 0 Å². The zero-order valence-corrected chi connectivity index (χ0v) is 10.7. The zero-order valence-electron chi connectivity index (χ0n) is 9.02. The Morgan fingerprint density at radius 3 is 2.40 bits per heavy atom. The van der Waals surface area contributed by atoms with E-state index in [1.165, 1.54) is 43.4 Å². The van der Waals surface area contributed by atoms with E-state index in [1.807, 2.05) is 0 Å². The van der Waals surface area contributed by atoms with Gasteiger partial charge in [0.15, 0.2) is 0 Å². The van der Waals surface area contributed by atoms with Crippen LogP contribution in [0.1, 0.15) is 49.4 Å². The van der Waals surface area contributed by atoms with Crippen molar-refractivity contribution in [3.05, 3.63) is 22.4 Å². The minimum absolute atomic E-state index is 0. The van der Waals surface area contributed by atoms with Gasteiger partial charge in [0.05, 0.1) is 0 Å². The van der Waals surface area contributed by atoms with Gasteiger partial charge >= 0.3 is 0 Å². The van der Waals surface area contributed by atoms with Crippen LogP contribution >= 0.6 is 23.7 Å². The molecule has 2 rings (SSSR count). The molecule has 1 unspecified atom stereocenters. The molecule has 1 fully saturated rings. The number of halogens is 1. The van der Waals surface area contributed by atoms with Crippen molar-refractivity contribution in [3.63, 3.8) is 0 Å². The molecule has 0 aromatic carbocycles. The molecule has 0 saturated heterocycles. The van der Waals surface area contributed by atoms with Crippen molar-refractivity contribution in [3.8, 4) is 0 Å². The lowest BCUT2D eigenvalue weighted by atomic mass is 9.91. The first-order valence-corrected chi connectivity index (χ1v) is 6.55. The topological polar surface area (TPSA) is 26.0 Å². The smallest absolute Gasteiger partial charge is 0.0418 e. The first-order valence-electron chi connectivity index (χ1n) is 5.67. The molecule has 15 heavy (non-hydrogen) atoms. The molecule has 2 N–H and O–H groups in total. The Hall–Kier alpha value is -0.0500. The molecule has 3 heteroatoms. The highest BCUT2D eigenvalue weighted by atomic mass is 35.5. The molecule has 1 nitrogen and oxygen atoms in total. The minimum Gasteiger partial charge on any atom is -0.323 e. The van der Waals surface area contributed by atoms with Crippen molar-refractivity contribution in [2.75, 3.05) is 0 Å². The van der Waals surface area contributed by atoms with E-state index in [9.17, 15) is 0 Å². The highest BCUT2D eigenvalue weighted by Gasteiger charge is 2.21. The molecule has 0 aliphatic heterocycles. The first-order chi connectivity index (χ1) is 6.88. The summed E-state index contributed by atoms with van der Waals surface area (Å²) in [5.41, 5.74) is 6.29. The van der Waals surface area contributed by atoms with E-state index in [0.717, 1.165) is 5.92 Å². The second kappa shape index (κ2) is 6.51. The predicted octanol–water partition coefficient (Wildman–Crippen LogP) is 4.14. The van der Waals surface area contributed by atoms with Gasteiger partial charge in [-0.2, -0.15) is 0 Å². The third kappa shape index (κ3) is 3.47. The predicted molar refractivity (Wildman–Crippen MR) is 69.7 cm³/mol. The molecule has 0 amide bonds. The highest BCUT2D eigenvalue weighted by molar-refractivity contribution is 7.10. The average molecular weight is 246 g/mol. The van der Waals surface area contributed by atoms with E-state index in [0.29, 0.717) is 6.04 Å². The first kappa shape index (κ1) is 13.0. The third-order valence-electron chi connectivity index (χ3n) is 3.28. The molecule has 1 aromatic heterocycles. The maximum Gasteiger partial charge on any atom is 0.0418 e. The van der Waals surface area contributed by atoms with Crippen LogP contribution in [0.5, 0.6) is 0 Å². The van der Waals surface area contributed by atoms with Crippen molar-refractivity contribution in [1.82, 2.24) is 0 Å². The molecular weight excluding hydrogens is 226 g/mol. The van der Waals surface area contributed by atoms with Crippen LogP contribution in [0.4, 0.5) is 0 Å². The number of hydrogen-bond donors (Lipinski definition) is 1. The Morgan fingerprint density at radius 1 is 1.20 bits per heavy atom. The lowest BCUT2D eigenvalue weighted by molar-refractivity contribution is 0.386. The maximum atomic E-state index is 6.29. The molecule has 86 valence electrons. The maximum absolute atomic E-state index is 6.29. The van der Waals surface area contributed by atoms with Gasteiger partial charge in [-0.05, 0) is 30.2 Å². The van der Waals surface area contributed by atoms with Crippen LogP contribution in [0, 0.1) is 5.92 Å². The van der Waals surface area contributed by atoms with Crippen molar-refractivity contribution in [2.45, 2.75) is 44.6 Å². The second-order valence-electron chi connectivity index (χ2n) is 4.29. The van der Waals surface area contributed by atoms with Crippen molar-refractivity contribution in [2.24, 2.45) is 11.7 Å². The van der Waals surface area contributed by atoms with Gasteiger partial charge in [0.1, 0.15) is 0 Å². The van der Waals surface area contributed by atoms with E-state index in [1.54, 1.807) is 11.3 Å². The SMILES string of the molecule is Cl.NC(c1cccs1)C1CCCCCC1. The highest BCUT2D eigenvalue weighted by Crippen LogP contribution is 2.33. The Labute approximate surface area is 102 Å². The van der Waals surface area contributed by atoms with Crippen LogP contribution in [0.3, 0.4) is 0 Å². The zero-order chi connectivity index (χ0) is 9.80. The number of nitrogens with two attached hydrogens (primary N) is 1. The standard InChI is InChI=1S/C12H19NS.ClH/c13-12(11-8-5-9-14-11)10-6-3-1-2-4-7-10;/h5,8-10,12H,1-4,6-7,13H2;1H. The summed E-state index contributed by atoms with van der Waals surface area (Å²) in [4.78, 5) is 1.37. The summed E-state index contributed by atoms with van der Waals surface area (Å²) in [6.07, 6.45) is 8.24. The van der Waals surface area contributed by atoms with Gasteiger partial charge in [-0.3, -0.25) is 0 Å². The molecule has 0 radical (unpaired) electrons. The van der Waals surface area contributed by atoms with E-state index >= 15 is 0 Å². The van der Waals surface area contributed by atoms with Gasteiger partial charge in [0, 0.05) is 10.9 Å². The van der Waals surface area contributed by atoms with Gasteiger partial charge in [-0.15, -0.1) is 23.7 Å². The van der Waals surface area contributed by atoms with Gasteiger partial charge in [-0.25, -0.2) is 0 Å². The summed E-state index contributed by atoms with van der Waals surface area (Å²) in [6, 6.07) is 4.59. The van der Waals surface area contributed by atoms with Crippen LogP contribution in [-0.4, -0.2) is 0 Å². The third-order valence-corrected chi connectivity index (χ3v) is 4.25. The average Bonchev–Trinajstić information content (AvgIpc) is 2.59. The van der Waals surface area contributed by atoms with E-state index in [4.69, 9.17) is 5.73 Å². The molecule has 0 spiro atoms. The molecule has 1 aliphatic rings. The fraction of sp³-hybridized carbons (Fsp3) is 0.667. The van der Waals surface area contributed by atoms with Crippen molar-refractivity contribution >= 4 is 23.7 Å². The summed E-state index contributed by atoms with van der Waals surface area (Å²) >= 11 is 1.81. The Kier molecular flexibility index (Phi) is 5.65. The Bertz CT molecular complexity index is 253. The number of hydrogen-bond acceptors (Lipinski definition) is 2. The fourth-order valence-corrected chi connectivity index (χ4v) is 3.20. The largest absolute Gasteiger partial charge is 0.323 e. The lowest BCUT2D eigenvalue weighted by Crippen LogP contribution is -2.19. The second-order valence-corrected chi connectivity index (χ2v) is 5.27. The van der Waals surface area contributed by atoms with Crippen LogP contribution in [-0.2, 0) is 0 Å². The van der Waals surface area contributed by atoms with Crippen LogP contribution in [0.25, 0.3) is 0 Å². The molecule has 1 aliphatic carbocycles. The van der Waals surface area contributed by atoms with Gasteiger partial charge < -0.3 is 5.73 Å². The Morgan fingerprint density at radius 2 is 1.87 bits per heavy atom. The van der Waals surface area contributed by atoms with Crippen LogP contribution in [0.15, 0.2) is 17.5 Å². The normalized spacial score (nSPS) is 20.3. The Balaban J connectivity index is 0.00000112. The molecule has 1 saturated carbocycles. The minimum atomic E-state index is 0. The summed E-state index contributed by atoms with van der Waals surface area (Å²) in [5, 5.41) is 2.13. The van der Waals surface area contributed by atoms with Gasteiger partial charge in [0.25, 0.3) is 0 Å². The number of thiophene rings is 1. The van der Waals surface area contributed by atoms with E-state index < -0.39 is 0 Å². The summed E-state index contributed by atoms with van der Waals surface area (Å²) in [6.45, 7) is 0. The summed E-state index contributed by atoms with van der Waals surface area (Å²) in [7, 11) is 0. The molecule has 1 heterocycles. The monoisotopic (exact) mass is 245 g/mol. The van der Waals surface area contributed by atoms with Crippen LogP contribution < -0.4 is 5.73 Å². The lowest BCUT2D eigenvalue weighted by Gasteiger charge is -2.20. The summed E-state index contributed by atoms with van der Waals surface area (Å²) < 4.78 is 0. The quantitative estimate of drug-likeness (QED) is 0.779. The summed E-state index contributed by atoms with van der Waals surface area (Å²) in [5.74, 6) is 0.733. The van der Waals surface area contributed by atoms with Crippen molar-refractivity contribution in [1.29, 1.82) is 0 Å². The molecule has 1 atom stereocenters. The van der Waals surface area contributed by atoms with E-state index in [2.05, 4.69) is 17.5 Å². The molecule has 1 aromatic rings. The van der Waals surface area contributed by atoms with Gasteiger partial charge in [0.2, 0.25) is 0 Å². The molecule has 0 bridgehead atoms. The van der Waals surface area contributed by atoms with Gasteiger partial charge in [-0.1, -0.05) is 31.7 Å².